The minimum Gasteiger partial charge on any atom is -0.440 e. The maximum atomic E-state index is 12.4. The molecule has 0 atom stereocenters. The van der Waals surface area contributed by atoms with Gasteiger partial charge in [-0.1, -0.05) is 12.1 Å². The van der Waals surface area contributed by atoms with Gasteiger partial charge >= 0.3 is 0 Å². The van der Waals surface area contributed by atoms with E-state index in [2.05, 4.69) is 15.2 Å². The Hall–Kier alpha value is -2.63. The second kappa shape index (κ2) is 5.53. The van der Waals surface area contributed by atoms with Crippen molar-refractivity contribution in [1.29, 1.82) is 0 Å². The average Bonchev–Trinajstić information content (AvgIpc) is 3.20. The molecule has 0 spiro atoms. The number of para-hydroxylation sites is 2. The normalized spacial score (nSPS) is 16.1. The average molecular weight is 310 g/mol. The van der Waals surface area contributed by atoms with Gasteiger partial charge in [0.2, 0.25) is 0 Å². The lowest BCUT2D eigenvalue weighted by Crippen LogP contribution is -2.38. The van der Waals surface area contributed by atoms with E-state index in [1.807, 2.05) is 36.1 Å². The van der Waals surface area contributed by atoms with Crippen LogP contribution in [0.25, 0.3) is 11.1 Å². The van der Waals surface area contributed by atoms with Gasteiger partial charge in [-0.05, 0) is 38.0 Å². The summed E-state index contributed by atoms with van der Waals surface area (Å²) in [7, 11) is 0. The van der Waals surface area contributed by atoms with Crippen LogP contribution in [0.5, 0.6) is 0 Å². The maximum Gasteiger partial charge on any atom is 0.274 e. The van der Waals surface area contributed by atoms with Crippen molar-refractivity contribution in [2.75, 3.05) is 13.1 Å². The molecule has 0 radical (unpaired) electrons. The highest BCUT2D eigenvalue weighted by Crippen LogP contribution is 2.30. The summed E-state index contributed by atoms with van der Waals surface area (Å²) in [6.45, 7) is 3.30. The van der Waals surface area contributed by atoms with Crippen molar-refractivity contribution in [3.63, 3.8) is 0 Å². The Morgan fingerprint density at radius 2 is 2.09 bits per heavy atom. The van der Waals surface area contributed by atoms with Crippen molar-refractivity contribution < 1.29 is 9.21 Å². The van der Waals surface area contributed by atoms with Crippen LogP contribution in [0.1, 0.15) is 40.8 Å². The molecule has 1 aromatic carbocycles. The van der Waals surface area contributed by atoms with E-state index in [-0.39, 0.29) is 11.8 Å². The number of amides is 1. The number of aryl methyl sites for hydroxylation is 1. The number of nitrogens with one attached hydrogen (secondary N) is 1. The molecule has 1 aliphatic rings. The first-order valence-corrected chi connectivity index (χ1v) is 7.87. The standard InChI is InChI=1S/C17H18N4O2/c1-11-10-14(20-19-11)17(22)21-8-6-12(7-9-21)16-18-13-4-2-3-5-15(13)23-16/h2-5,10,12H,6-9H2,1H3,(H,19,20). The molecule has 0 unspecified atom stereocenters. The number of hydrogen-bond donors (Lipinski definition) is 1. The highest BCUT2D eigenvalue weighted by Gasteiger charge is 2.28. The van der Waals surface area contributed by atoms with Crippen LogP contribution in [0.4, 0.5) is 0 Å². The van der Waals surface area contributed by atoms with Gasteiger partial charge in [-0.3, -0.25) is 9.89 Å². The number of likely N-dealkylation sites (tertiary alicyclic amines) is 1. The molecule has 0 bridgehead atoms. The number of hydrogen-bond acceptors (Lipinski definition) is 4. The van der Waals surface area contributed by atoms with Crippen LogP contribution in [-0.2, 0) is 0 Å². The molecule has 6 heteroatoms. The van der Waals surface area contributed by atoms with Crippen LogP contribution in [0.15, 0.2) is 34.7 Å². The molecule has 2 aromatic heterocycles. The predicted molar refractivity (Wildman–Crippen MR) is 85.2 cm³/mol. The molecule has 4 rings (SSSR count). The summed E-state index contributed by atoms with van der Waals surface area (Å²) >= 11 is 0. The van der Waals surface area contributed by atoms with Crippen LogP contribution in [-0.4, -0.2) is 39.1 Å². The van der Waals surface area contributed by atoms with Gasteiger partial charge < -0.3 is 9.32 Å². The number of carbonyl (C=O) groups excluding carboxylic acids is 1. The molecule has 3 heterocycles. The summed E-state index contributed by atoms with van der Waals surface area (Å²) in [4.78, 5) is 18.8. The van der Waals surface area contributed by atoms with E-state index in [1.54, 1.807) is 6.07 Å². The van der Waals surface area contributed by atoms with Crippen molar-refractivity contribution in [2.24, 2.45) is 0 Å². The summed E-state index contributed by atoms with van der Waals surface area (Å²) in [6, 6.07) is 9.59. The first kappa shape index (κ1) is 14.0. The van der Waals surface area contributed by atoms with Gasteiger partial charge in [0.05, 0.1) is 0 Å². The molecule has 0 saturated carbocycles. The molecule has 6 nitrogen and oxygen atoms in total. The zero-order chi connectivity index (χ0) is 15.8. The summed E-state index contributed by atoms with van der Waals surface area (Å²) in [6.07, 6.45) is 1.73. The lowest BCUT2D eigenvalue weighted by atomic mass is 9.96. The number of nitrogens with zero attached hydrogens (tertiary/aromatic N) is 3. The third-order valence-corrected chi connectivity index (χ3v) is 4.37. The Morgan fingerprint density at radius 3 is 2.78 bits per heavy atom. The highest BCUT2D eigenvalue weighted by molar-refractivity contribution is 5.92. The first-order valence-electron chi connectivity index (χ1n) is 7.87. The molecule has 0 aliphatic carbocycles. The second-order valence-corrected chi connectivity index (χ2v) is 6.02. The van der Waals surface area contributed by atoms with E-state index >= 15 is 0 Å². The molecular weight excluding hydrogens is 292 g/mol. The topological polar surface area (TPSA) is 75.0 Å². The Labute approximate surface area is 133 Å². The smallest absolute Gasteiger partial charge is 0.274 e. The molecule has 1 saturated heterocycles. The van der Waals surface area contributed by atoms with Crippen molar-refractivity contribution in [1.82, 2.24) is 20.1 Å². The Bertz CT molecular complexity index is 810. The lowest BCUT2D eigenvalue weighted by Gasteiger charge is -2.30. The van der Waals surface area contributed by atoms with E-state index in [9.17, 15) is 4.79 Å². The highest BCUT2D eigenvalue weighted by atomic mass is 16.3. The number of oxazole rings is 1. The minimum atomic E-state index is -0.00892. The fourth-order valence-corrected chi connectivity index (χ4v) is 3.08. The number of benzene rings is 1. The fraction of sp³-hybridized carbons (Fsp3) is 0.353. The van der Waals surface area contributed by atoms with Gasteiger partial charge in [-0.2, -0.15) is 5.10 Å². The maximum absolute atomic E-state index is 12.4. The summed E-state index contributed by atoms with van der Waals surface area (Å²) in [5, 5.41) is 6.87. The SMILES string of the molecule is Cc1cc(C(=O)N2CCC(c3nc4ccccc4o3)CC2)n[nH]1. The van der Waals surface area contributed by atoms with E-state index in [4.69, 9.17) is 4.42 Å². The van der Waals surface area contributed by atoms with Crippen molar-refractivity contribution in [3.05, 3.63) is 47.6 Å². The molecular formula is C17H18N4O2. The largest absolute Gasteiger partial charge is 0.440 e. The van der Waals surface area contributed by atoms with Crippen LogP contribution in [0.3, 0.4) is 0 Å². The molecule has 1 aliphatic heterocycles. The zero-order valence-corrected chi connectivity index (χ0v) is 13.0. The molecule has 3 aromatic rings. The van der Waals surface area contributed by atoms with Crippen LogP contribution in [0, 0.1) is 6.92 Å². The molecule has 1 amide bonds. The van der Waals surface area contributed by atoms with Crippen molar-refractivity contribution in [3.8, 4) is 0 Å². The number of piperidine rings is 1. The minimum absolute atomic E-state index is 0.00892. The third kappa shape index (κ3) is 2.60. The van der Waals surface area contributed by atoms with E-state index < -0.39 is 0 Å². The van der Waals surface area contributed by atoms with E-state index in [0.717, 1.165) is 35.5 Å². The first-order chi connectivity index (χ1) is 11.2. The van der Waals surface area contributed by atoms with Gasteiger partial charge in [-0.25, -0.2) is 4.98 Å². The predicted octanol–water partition coefficient (Wildman–Crippen LogP) is 2.88. The van der Waals surface area contributed by atoms with Gasteiger partial charge in [0.25, 0.3) is 5.91 Å². The van der Waals surface area contributed by atoms with Crippen LogP contribution < -0.4 is 0 Å². The number of rotatable bonds is 2. The zero-order valence-electron chi connectivity index (χ0n) is 13.0. The number of fused-ring (bicyclic) bond motifs is 1. The van der Waals surface area contributed by atoms with Gasteiger partial charge in [0, 0.05) is 24.7 Å². The fourth-order valence-electron chi connectivity index (χ4n) is 3.08. The van der Waals surface area contributed by atoms with E-state index in [0.29, 0.717) is 18.8 Å². The summed E-state index contributed by atoms with van der Waals surface area (Å²) < 4.78 is 5.86. The number of aromatic amines is 1. The number of carbonyl (C=O) groups is 1. The van der Waals surface area contributed by atoms with Crippen molar-refractivity contribution in [2.45, 2.75) is 25.7 Å². The lowest BCUT2D eigenvalue weighted by molar-refractivity contribution is 0.0700. The van der Waals surface area contributed by atoms with Gasteiger partial charge in [0.15, 0.2) is 11.5 Å². The van der Waals surface area contributed by atoms with Crippen molar-refractivity contribution >= 4 is 17.0 Å². The molecule has 23 heavy (non-hydrogen) atoms. The summed E-state index contributed by atoms with van der Waals surface area (Å²) in [5.74, 6) is 1.05. The van der Waals surface area contributed by atoms with Gasteiger partial charge in [0.1, 0.15) is 11.2 Å². The Balaban J connectivity index is 1.45. The van der Waals surface area contributed by atoms with Gasteiger partial charge in [-0.15, -0.1) is 0 Å². The van der Waals surface area contributed by atoms with E-state index in [1.165, 1.54) is 0 Å². The monoisotopic (exact) mass is 310 g/mol. The third-order valence-electron chi connectivity index (χ3n) is 4.37. The number of aromatic nitrogens is 3. The second-order valence-electron chi connectivity index (χ2n) is 6.02. The number of H-pyrrole nitrogens is 1. The molecule has 1 fully saturated rings. The molecule has 118 valence electrons. The summed E-state index contributed by atoms with van der Waals surface area (Å²) in [5.41, 5.74) is 3.11. The molecule has 1 N–H and O–H groups in total. The Morgan fingerprint density at radius 1 is 1.30 bits per heavy atom. The van der Waals surface area contributed by atoms with Crippen LogP contribution >= 0.6 is 0 Å². The Kier molecular flexibility index (Phi) is 3.37. The van der Waals surface area contributed by atoms with Crippen LogP contribution in [0.2, 0.25) is 0 Å². The quantitative estimate of drug-likeness (QED) is 0.789.